The van der Waals surface area contributed by atoms with E-state index in [9.17, 15) is 0 Å². The van der Waals surface area contributed by atoms with Gasteiger partial charge in [-0.25, -0.2) is 0 Å². The van der Waals surface area contributed by atoms with Gasteiger partial charge in [0.2, 0.25) is 0 Å². The molecule has 0 aliphatic heterocycles. The zero-order valence-corrected chi connectivity index (χ0v) is 12.3. The Morgan fingerprint density at radius 1 is 1.41 bits per heavy atom. The highest BCUT2D eigenvalue weighted by molar-refractivity contribution is 5.46. The van der Waals surface area contributed by atoms with E-state index in [1.165, 1.54) is 17.0 Å². The minimum absolute atomic E-state index is 0.876. The van der Waals surface area contributed by atoms with Gasteiger partial charge in [-0.3, -0.25) is 0 Å². The van der Waals surface area contributed by atoms with Crippen LogP contribution in [-0.4, -0.2) is 18.6 Å². The van der Waals surface area contributed by atoms with Crippen molar-refractivity contribution in [3.63, 3.8) is 0 Å². The van der Waals surface area contributed by atoms with E-state index in [2.05, 4.69) is 36.0 Å². The van der Waals surface area contributed by atoms with E-state index < -0.39 is 0 Å². The quantitative estimate of drug-likeness (QED) is 0.763. The SMILES string of the molecule is C=C(C)C.C=CCN(C)c1[nH]ccc1C.CC. The molecule has 1 aromatic rings. The van der Waals surface area contributed by atoms with Crippen LogP contribution in [0.2, 0.25) is 0 Å². The van der Waals surface area contributed by atoms with Crippen molar-refractivity contribution in [2.24, 2.45) is 0 Å². The van der Waals surface area contributed by atoms with Gasteiger partial charge in [0, 0.05) is 19.8 Å². The molecule has 0 atom stereocenters. The summed E-state index contributed by atoms with van der Waals surface area (Å²) < 4.78 is 0. The van der Waals surface area contributed by atoms with E-state index in [1.54, 1.807) is 0 Å². The first kappa shape index (κ1) is 17.9. The average Bonchev–Trinajstić information content (AvgIpc) is 2.67. The first-order valence-corrected chi connectivity index (χ1v) is 6.07. The molecule has 0 amide bonds. The minimum atomic E-state index is 0.876. The largest absolute Gasteiger partial charge is 0.357 e. The van der Waals surface area contributed by atoms with Gasteiger partial charge >= 0.3 is 0 Å². The molecule has 1 rings (SSSR count). The monoisotopic (exact) mass is 236 g/mol. The van der Waals surface area contributed by atoms with Gasteiger partial charge in [0.05, 0.1) is 0 Å². The fourth-order valence-corrected chi connectivity index (χ4v) is 1.13. The summed E-state index contributed by atoms with van der Waals surface area (Å²) in [5, 5.41) is 0. The van der Waals surface area contributed by atoms with Crippen LogP contribution in [0.3, 0.4) is 0 Å². The highest BCUT2D eigenvalue weighted by atomic mass is 15.2. The summed E-state index contributed by atoms with van der Waals surface area (Å²) in [5.41, 5.74) is 2.44. The molecular formula is C15H28N2. The molecule has 1 N–H and O–H groups in total. The zero-order valence-electron chi connectivity index (χ0n) is 12.3. The molecule has 98 valence electrons. The number of anilines is 1. The Hall–Kier alpha value is -1.44. The summed E-state index contributed by atoms with van der Waals surface area (Å²) in [6.07, 6.45) is 3.84. The molecule has 0 saturated heterocycles. The molecule has 0 radical (unpaired) electrons. The highest BCUT2D eigenvalue weighted by Crippen LogP contribution is 2.14. The van der Waals surface area contributed by atoms with Crippen molar-refractivity contribution in [3.05, 3.63) is 42.6 Å². The maximum atomic E-state index is 3.68. The topological polar surface area (TPSA) is 19.0 Å². The number of rotatable bonds is 3. The van der Waals surface area contributed by atoms with E-state index in [1.807, 2.05) is 47.0 Å². The van der Waals surface area contributed by atoms with Crippen molar-refractivity contribution < 1.29 is 0 Å². The number of H-pyrrole nitrogens is 1. The van der Waals surface area contributed by atoms with Gasteiger partial charge in [-0.2, -0.15) is 0 Å². The lowest BCUT2D eigenvalue weighted by molar-refractivity contribution is 0.995. The summed E-state index contributed by atoms with van der Waals surface area (Å²) in [7, 11) is 2.04. The molecule has 2 heteroatoms. The normalized spacial score (nSPS) is 8.12. The van der Waals surface area contributed by atoms with E-state index in [-0.39, 0.29) is 0 Å². The molecule has 0 unspecified atom stereocenters. The molecule has 0 bridgehead atoms. The Kier molecular flexibility index (Phi) is 11.7. The molecule has 2 nitrogen and oxygen atoms in total. The summed E-state index contributed by atoms with van der Waals surface area (Å²) in [6, 6.07) is 2.06. The van der Waals surface area contributed by atoms with Gasteiger partial charge in [0.1, 0.15) is 5.82 Å². The van der Waals surface area contributed by atoms with Crippen LogP contribution in [0.1, 0.15) is 33.3 Å². The third-order valence-corrected chi connectivity index (χ3v) is 1.71. The Balaban J connectivity index is 0. The van der Waals surface area contributed by atoms with Gasteiger partial charge in [0.25, 0.3) is 0 Å². The second kappa shape index (κ2) is 11.1. The fourth-order valence-electron chi connectivity index (χ4n) is 1.13. The number of allylic oxidation sites excluding steroid dienone is 1. The number of aromatic amines is 1. The molecule has 1 heterocycles. The standard InChI is InChI=1S/C9H14N2.C4H8.C2H6/c1-4-7-11(3)9-8(2)5-6-10-9;1-4(2)3;1-2/h4-6,10H,1,7H2,2-3H3;1H2,2-3H3;1-2H3. The van der Waals surface area contributed by atoms with Crippen molar-refractivity contribution in [1.82, 2.24) is 4.98 Å². The number of nitrogens with one attached hydrogen (secondary N) is 1. The maximum Gasteiger partial charge on any atom is 0.108 e. The van der Waals surface area contributed by atoms with Crippen LogP contribution < -0.4 is 4.90 Å². The van der Waals surface area contributed by atoms with Crippen molar-refractivity contribution in [1.29, 1.82) is 0 Å². The number of aryl methyl sites for hydroxylation is 1. The number of hydrogen-bond acceptors (Lipinski definition) is 1. The van der Waals surface area contributed by atoms with Crippen LogP contribution in [0, 0.1) is 6.92 Å². The lowest BCUT2D eigenvalue weighted by atomic mass is 10.3. The summed E-state index contributed by atoms with van der Waals surface area (Å²) >= 11 is 0. The molecular weight excluding hydrogens is 208 g/mol. The number of aromatic nitrogens is 1. The third kappa shape index (κ3) is 9.49. The number of hydrogen-bond donors (Lipinski definition) is 1. The second-order valence-electron chi connectivity index (χ2n) is 3.89. The summed E-state index contributed by atoms with van der Waals surface area (Å²) in [5.74, 6) is 1.17. The number of nitrogens with zero attached hydrogens (tertiary/aromatic N) is 1. The third-order valence-electron chi connectivity index (χ3n) is 1.71. The zero-order chi connectivity index (χ0) is 13.8. The van der Waals surface area contributed by atoms with Crippen molar-refractivity contribution in [3.8, 4) is 0 Å². The van der Waals surface area contributed by atoms with E-state index in [4.69, 9.17) is 0 Å². The van der Waals surface area contributed by atoms with E-state index in [0.29, 0.717) is 0 Å². The van der Waals surface area contributed by atoms with Crippen molar-refractivity contribution >= 4 is 5.82 Å². The van der Waals surface area contributed by atoms with Gasteiger partial charge in [-0.15, -0.1) is 13.2 Å². The predicted octanol–water partition coefficient (Wildman–Crippen LogP) is 4.55. The average molecular weight is 236 g/mol. The Labute approximate surface area is 107 Å². The highest BCUT2D eigenvalue weighted by Gasteiger charge is 2.01. The van der Waals surface area contributed by atoms with Crippen LogP contribution >= 0.6 is 0 Å². The fraction of sp³-hybridized carbons (Fsp3) is 0.467. The first-order chi connectivity index (χ1) is 7.99. The van der Waals surface area contributed by atoms with Gasteiger partial charge in [-0.1, -0.05) is 25.5 Å². The molecule has 0 aliphatic rings. The summed E-state index contributed by atoms with van der Waals surface area (Å²) in [4.78, 5) is 5.30. The maximum absolute atomic E-state index is 3.68. The Morgan fingerprint density at radius 3 is 2.18 bits per heavy atom. The summed E-state index contributed by atoms with van der Waals surface area (Å²) in [6.45, 7) is 18.1. The molecule has 0 aromatic carbocycles. The van der Waals surface area contributed by atoms with Gasteiger partial charge < -0.3 is 9.88 Å². The van der Waals surface area contributed by atoms with Gasteiger partial charge in [-0.05, 0) is 32.4 Å². The lowest BCUT2D eigenvalue weighted by Crippen LogP contribution is -2.17. The molecule has 17 heavy (non-hydrogen) atoms. The molecule has 0 spiro atoms. The first-order valence-electron chi connectivity index (χ1n) is 6.07. The minimum Gasteiger partial charge on any atom is -0.357 e. The Morgan fingerprint density at radius 2 is 1.88 bits per heavy atom. The number of likely N-dealkylation sites (N-methyl/N-ethyl adjacent to an activating group) is 1. The van der Waals surface area contributed by atoms with Crippen molar-refractivity contribution in [2.45, 2.75) is 34.6 Å². The van der Waals surface area contributed by atoms with Crippen LogP contribution in [-0.2, 0) is 0 Å². The van der Waals surface area contributed by atoms with Crippen LogP contribution in [0.25, 0.3) is 0 Å². The molecule has 0 aliphatic carbocycles. The van der Waals surface area contributed by atoms with Crippen LogP contribution in [0.4, 0.5) is 5.82 Å². The van der Waals surface area contributed by atoms with Crippen molar-refractivity contribution in [2.75, 3.05) is 18.5 Å². The van der Waals surface area contributed by atoms with Gasteiger partial charge in [0.15, 0.2) is 0 Å². The Bertz CT molecular complexity index is 306. The van der Waals surface area contributed by atoms with E-state index >= 15 is 0 Å². The van der Waals surface area contributed by atoms with Crippen LogP contribution in [0.15, 0.2) is 37.1 Å². The molecule has 1 aromatic heterocycles. The lowest BCUT2D eigenvalue weighted by Gasteiger charge is -2.15. The smallest absolute Gasteiger partial charge is 0.108 e. The van der Waals surface area contributed by atoms with E-state index in [0.717, 1.165) is 6.54 Å². The van der Waals surface area contributed by atoms with Crippen LogP contribution in [0.5, 0.6) is 0 Å². The molecule has 0 fully saturated rings. The second-order valence-corrected chi connectivity index (χ2v) is 3.89. The molecule has 0 saturated carbocycles. The predicted molar refractivity (Wildman–Crippen MR) is 80.8 cm³/mol.